The normalized spacial score (nSPS) is 38.2. The van der Waals surface area contributed by atoms with Crippen molar-refractivity contribution in [3.05, 3.63) is 11.1 Å². The number of nitrogens with one attached hydrogen (secondary N) is 2. The maximum atomic E-state index is 14.6. The number of carboxylic acid groups (broad SMARTS) is 1. The van der Waals surface area contributed by atoms with Gasteiger partial charge in [-0.2, -0.15) is 0 Å². The monoisotopic (exact) mass is 892 g/mol. The lowest BCUT2D eigenvalue weighted by atomic mass is 9.33. The maximum absolute atomic E-state index is 14.6. The average Bonchev–Trinajstić information content (AvgIpc) is 3.46. The summed E-state index contributed by atoms with van der Waals surface area (Å²) in [7, 11) is 0. The number of hydrogen-bond donors (Lipinski definition) is 3. The van der Waals surface area contributed by atoms with Crippen LogP contribution in [-0.2, 0) is 33.4 Å². The number of nitrogens with zero attached hydrogens (tertiary/aromatic N) is 1. The van der Waals surface area contributed by atoms with Crippen molar-refractivity contribution in [1.29, 1.82) is 0 Å². The molecule has 10 atom stereocenters. The Morgan fingerprint density at radius 2 is 1.41 bits per heavy atom. The Morgan fingerprint density at radius 3 is 1.98 bits per heavy atom. The summed E-state index contributed by atoms with van der Waals surface area (Å²) in [6.45, 7) is 29.8. The predicted octanol–water partition coefficient (Wildman–Crippen LogP) is 9.04. The second kappa shape index (κ2) is 15.8. The average molecular weight is 892 g/mol. The standard InChI is InChI=1S/C52H81N3O9/c1-29(2)38-34(56)28-52(54-43(61)48(10,11)53-40(57)30-19-25-55(26-20-30)44(62)64-45(3,4)5)24-23-50(13)31(39(38)52)15-16-36-49(12)21-18-37(47(8,9)35(49)17-22-51(36,50)14)63-42(60)33-27-32(41(58)59)46(33,6)7/h29-33,35-37H,15-28H2,1-14H3,(H,53,57)(H,54,61)(H,58,59)/t31-,32+,33-,35+,36-,37+,49+,50-,51-,52-/m1/s1. The molecule has 0 aromatic rings. The molecule has 1 heterocycles. The van der Waals surface area contributed by atoms with E-state index in [-0.39, 0.29) is 81.6 Å². The van der Waals surface area contributed by atoms with Gasteiger partial charge in [0.05, 0.1) is 17.4 Å². The molecule has 1 aliphatic heterocycles. The van der Waals surface area contributed by atoms with Gasteiger partial charge in [-0.3, -0.25) is 24.0 Å². The van der Waals surface area contributed by atoms with Crippen molar-refractivity contribution in [2.75, 3.05) is 13.1 Å². The van der Waals surface area contributed by atoms with E-state index in [1.165, 1.54) is 0 Å². The Kier molecular flexibility index (Phi) is 12.0. The molecule has 12 nitrogen and oxygen atoms in total. The van der Waals surface area contributed by atoms with Gasteiger partial charge in [-0.25, -0.2) is 4.79 Å². The third kappa shape index (κ3) is 7.62. The summed E-state index contributed by atoms with van der Waals surface area (Å²) < 4.78 is 12.0. The van der Waals surface area contributed by atoms with Gasteiger partial charge in [0.1, 0.15) is 17.2 Å². The fraction of sp³-hybridized carbons (Fsp3) is 0.846. The third-order valence-electron chi connectivity index (χ3n) is 19.4. The number of carboxylic acids is 1. The molecular weight excluding hydrogens is 811 g/mol. The van der Waals surface area contributed by atoms with E-state index in [2.05, 4.69) is 59.1 Å². The first kappa shape index (κ1) is 48.5. The van der Waals surface area contributed by atoms with Gasteiger partial charge < -0.3 is 30.1 Å². The van der Waals surface area contributed by atoms with E-state index in [4.69, 9.17) is 9.47 Å². The number of ketones is 1. The largest absolute Gasteiger partial charge is 0.481 e. The number of ether oxygens (including phenoxy) is 2. The van der Waals surface area contributed by atoms with Crippen molar-refractivity contribution in [3.8, 4) is 0 Å². The molecule has 0 aromatic carbocycles. The first-order valence-electron chi connectivity index (χ1n) is 24.7. The lowest BCUT2D eigenvalue weighted by Crippen LogP contribution is -2.68. The van der Waals surface area contributed by atoms with Gasteiger partial charge in [0.2, 0.25) is 11.8 Å². The van der Waals surface area contributed by atoms with Crippen LogP contribution in [0.3, 0.4) is 0 Å². The molecule has 358 valence electrons. The molecule has 64 heavy (non-hydrogen) atoms. The Morgan fingerprint density at radius 1 is 0.766 bits per heavy atom. The van der Waals surface area contributed by atoms with Crippen molar-refractivity contribution >= 4 is 35.6 Å². The summed E-state index contributed by atoms with van der Waals surface area (Å²) in [5, 5.41) is 16.2. The summed E-state index contributed by atoms with van der Waals surface area (Å²) in [6, 6.07) is 0. The van der Waals surface area contributed by atoms with Crippen LogP contribution in [0.5, 0.6) is 0 Å². The van der Waals surface area contributed by atoms with Gasteiger partial charge >= 0.3 is 18.0 Å². The fourth-order valence-corrected chi connectivity index (χ4v) is 15.4. The van der Waals surface area contributed by atoms with Gasteiger partial charge in [0.15, 0.2) is 5.78 Å². The molecule has 1 saturated heterocycles. The molecule has 0 spiro atoms. The van der Waals surface area contributed by atoms with E-state index in [1.54, 1.807) is 18.7 Å². The second-order valence-corrected chi connectivity index (χ2v) is 25.4. The van der Waals surface area contributed by atoms with Crippen LogP contribution in [0.2, 0.25) is 0 Å². The zero-order valence-electron chi connectivity index (χ0n) is 41.7. The minimum absolute atomic E-state index is 0.000909. The number of Topliss-reactive ketones (excluding diaryl/α,β-unsaturated/α-hetero) is 1. The smallest absolute Gasteiger partial charge is 0.410 e. The van der Waals surface area contributed by atoms with E-state index in [1.807, 2.05) is 34.6 Å². The molecule has 0 aromatic heterocycles. The third-order valence-corrected chi connectivity index (χ3v) is 19.4. The predicted molar refractivity (Wildman–Crippen MR) is 244 cm³/mol. The van der Waals surface area contributed by atoms with Crippen LogP contribution in [0.15, 0.2) is 11.1 Å². The molecule has 6 aliphatic carbocycles. The van der Waals surface area contributed by atoms with E-state index in [9.17, 15) is 33.9 Å². The van der Waals surface area contributed by atoms with Crippen LogP contribution in [-0.4, -0.2) is 81.5 Å². The summed E-state index contributed by atoms with van der Waals surface area (Å²) in [5.41, 5.74) is -1.69. The van der Waals surface area contributed by atoms with Crippen molar-refractivity contribution in [2.45, 2.75) is 197 Å². The molecule has 7 rings (SSSR count). The number of esters is 1. The van der Waals surface area contributed by atoms with E-state index >= 15 is 0 Å². The molecule has 0 bridgehead atoms. The van der Waals surface area contributed by atoms with Gasteiger partial charge in [-0.05, 0) is 162 Å². The topological polar surface area (TPSA) is 168 Å². The van der Waals surface area contributed by atoms with Crippen molar-refractivity contribution in [1.82, 2.24) is 15.5 Å². The zero-order chi connectivity index (χ0) is 47.5. The highest BCUT2D eigenvalue weighted by atomic mass is 16.6. The molecule has 6 fully saturated rings. The molecule has 5 saturated carbocycles. The van der Waals surface area contributed by atoms with Gasteiger partial charge in [-0.1, -0.05) is 62.3 Å². The number of rotatable bonds is 8. The number of allylic oxidation sites excluding steroid dienone is 1. The molecule has 0 unspecified atom stereocenters. The van der Waals surface area contributed by atoms with Crippen molar-refractivity contribution in [3.63, 3.8) is 0 Å². The number of amides is 3. The number of carbonyl (C=O) groups is 6. The number of aliphatic carboxylic acids is 1. The minimum atomic E-state index is -1.24. The lowest BCUT2D eigenvalue weighted by Gasteiger charge is -2.72. The van der Waals surface area contributed by atoms with E-state index in [0.29, 0.717) is 50.6 Å². The lowest BCUT2D eigenvalue weighted by molar-refractivity contribution is -0.235. The van der Waals surface area contributed by atoms with Crippen molar-refractivity contribution < 1.29 is 43.3 Å². The summed E-state index contributed by atoms with van der Waals surface area (Å²) in [4.78, 5) is 82.4. The summed E-state index contributed by atoms with van der Waals surface area (Å²) in [5.74, 6) is -1.89. The van der Waals surface area contributed by atoms with Crippen molar-refractivity contribution in [2.24, 2.45) is 68.5 Å². The Balaban J connectivity index is 1.07. The number of fused-ring (bicyclic) bond motifs is 7. The highest BCUT2D eigenvalue weighted by Gasteiger charge is 2.71. The van der Waals surface area contributed by atoms with Crippen LogP contribution in [0.1, 0.15) is 174 Å². The minimum Gasteiger partial charge on any atom is -0.481 e. The van der Waals surface area contributed by atoms with Crippen LogP contribution in [0.4, 0.5) is 4.79 Å². The molecule has 0 radical (unpaired) electrons. The Hall–Kier alpha value is -3.44. The quantitative estimate of drug-likeness (QED) is 0.202. The highest BCUT2D eigenvalue weighted by molar-refractivity contribution is 6.03. The fourth-order valence-electron chi connectivity index (χ4n) is 15.4. The maximum Gasteiger partial charge on any atom is 0.410 e. The second-order valence-electron chi connectivity index (χ2n) is 25.4. The van der Waals surface area contributed by atoms with Gasteiger partial charge in [0.25, 0.3) is 0 Å². The van der Waals surface area contributed by atoms with Crippen LogP contribution in [0, 0.1) is 68.5 Å². The number of hydrogen-bond acceptors (Lipinski definition) is 8. The van der Waals surface area contributed by atoms with Gasteiger partial charge in [-0.15, -0.1) is 0 Å². The van der Waals surface area contributed by atoms with Crippen LogP contribution < -0.4 is 10.6 Å². The molecule has 7 aliphatic rings. The number of carbonyl (C=O) groups excluding carboxylic acids is 5. The van der Waals surface area contributed by atoms with E-state index in [0.717, 1.165) is 56.1 Å². The molecule has 3 N–H and O–H groups in total. The molecule has 3 amide bonds. The Bertz CT molecular complexity index is 1990. The zero-order valence-corrected chi connectivity index (χ0v) is 41.7. The SMILES string of the molecule is CC(C)C1=C2[C@H]3CC[C@@H]4[C@@]5(C)CC[C@H](OC(=O)[C@H]6C[C@@H](C(=O)O)C6(C)C)C(C)(C)[C@@H]5CC[C@@]4(C)[C@]3(C)CC[C@@]2(NC(=O)C(C)(C)NC(=O)C2CCN(C(=O)OC(C)(C)C)CC2)CC1=O. The highest BCUT2D eigenvalue weighted by Crippen LogP contribution is 2.76. The summed E-state index contributed by atoms with van der Waals surface area (Å²) >= 11 is 0. The number of likely N-dealkylation sites (tertiary alicyclic amines) is 1. The molecule has 12 heteroatoms. The number of piperidine rings is 1. The summed E-state index contributed by atoms with van der Waals surface area (Å²) in [6.07, 6.45) is 8.14. The van der Waals surface area contributed by atoms with E-state index < -0.39 is 39.9 Å². The Labute approximate surface area is 382 Å². The first-order valence-corrected chi connectivity index (χ1v) is 24.7. The van der Waals surface area contributed by atoms with Gasteiger partial charge in [0, 0.05) is 30.8 Å². The molecular formula is C52H81N3O9. The van der Waals surface area contributed by atoms with Crippen LogP contribution >= 0.6 is 0 Å². The first-order chi connectivity index (χ1) is 29.4. The van der Waals surface area contributed by atoms with Crippen LogP contribution in [0.25, 0.3) is 0 Å².